The zero-order valence-corrected chi connectivity index (χ0v) is 11.9. The van der Waals surface area contributed by atoms with Crippen molar-refractivity contribution in [3.8, 4) is 0 Å². The molecule has 3 heteroatoms. The van der Waals surface area contributed by atoms with E-state index in [4.69, 9.17) is 16.3 Å². The van der Waals surface area contributed by atoms with Crippen molar-refractivity contribution in [2.24, 2.45) is 5.92 Å². The Labute approximate surface area is 110 Å². The Balaban J connectivity index is 1.74. The van der Waals surface area contributed by atoms with Crippen molar-refractivity contribution in [1.82, 2.24) is 5.32 Å². The van der Waals surface area contributed by atoms with E-state index in [1.54, 1.807) is 0 Å². The third-order valence-corrected chi connectivity index (χ3v) is 4.76. The second kappa shape index (κ2) is 5.90. The first kappa shape index (κ1) is 13.6. The molecular weight excluding hydrogens is 234 g/mol. The summed E-state index contributed by atoms with van der Waals surface area (Å²) in [5.41, 5.74) is 0.265. The van der Waals surface area contributed by atoms with Crippen LogP contribution in [0.3, 0.4) is 0 Å². The van der Waals surface area contributed by atoms with Crippen LogP contribution in [0.2, 0.25) is 0 Å². The summed E-state index contributed by atoms with van der Waals surface area (Å²) >= 11 is 5.97. The lowest BCUT2D eigenvalue weighted by Gasteiger charge is -2.26. The van der Waals surface area contributed by atoms with Gasteiger partial charge in [-0.1, -0.05) is 26.7 Å². The van der Waals surface area contributed by atoms with Gasteiger partial charge in [0.25, 0.3) is 0 Å². The molecule has 1 saturated heterocycles. The highest BCUT2D eigenvalue weighted by atomic mass is 35.5. The molecular formula is C14H26ClNO. The summed E-state index contributed by atoms with van der Waals surface area (Å²) in [5.74, 6) is 1.28. The maximum Gasteiger partial charge on any atom is 0.0708 e. The van der Waals surface area contributed by atoms with E-state index in [9.17, 15) is 0 Å². The number of halogens is 1. The highest BCUT2D eigenvalue weighted by Crippen LogP contribution is 2.43. The summed E-state index contributed by atoms with van der Waals surface area (Å²) in [4.78, 5) is 0. The maximum atomic E-state index is 6.28. The molecule has 0 aromatic heterocycles. The van der Waals surface area contributed by atoms with Crippen molar-refractivity contribution in [2.45, 2.75) is 70.1 Å². The summed E-state index contributed by atoms with van der Waals surface area (Å²) in [6.07, 6.45) is 8.19. The highest BCUT2D eigenvalue weighted by molar-refractivity contribution is 6.18. The minimum absolute atomic E-state index is 0.265. The van der Waals surface area contributed by atoms with Gasteiger partial charge in [0.1, 0.15) is 0 Å². The van der Waals surface area contributed by atoms with E-state index in [1.165, 1.54) is 38.5 Å². The van der Waals surface area contributed by atoms with Crippen molar-refractivity contribution in [2.75, 3.05) is 12.4 Å². The molecule has 0 radical (unpaired) electrons. The van der Waals surface area contributed by atoms with Gasteiger partial charge in [-0.3, -0.25) is 0 Å². The van der Waals surface area contributed by atoms with Crippen LogP contribution < -0.4 is 5.32 Å². The molecule has 0 aromatic carbocycles. The van der Waals surface area contributed by atoms with Crippen molar-refractivity contribution in [3.63, 3.8) is 0 Å². The van der Waals surface area contributed by atoms with Crippen molar-refractivity contribution < 1.29 is 4.74 Å². The van der Waals surface area contributed by atoms with Gasteiger partial charge in [0.05, 0.1) is 11.7 Å². The van der Waals surface area contributed by atoms with E-state index in [2.05, 4.69) is 19.2 Å². The molecule has 0 amide bonds. The Hall–Kier alpha value is 0.210. The molecule has 0 bridgehead atoms. The van der Waals surface area contributed by atoms with Gasteiger partial charge >= 0.3 is 0 Å². The number of hydrogen-bond donors (Lipinski definition) is 1. The summed E-state index contributed by atoms with van der Waals surface area (Å²) in [7, 11) is 0. The molecule has 0 aromatic rings. The number of hydrogen-bond acceptors (Lipinski definition) is 2. The molecule has 1 N–H and O–H groups in total. The molecule has 1 spiro atoms. The molecule has 2 unspecified atom stereocenters. The van der Waals surface area contributed by atoms with Crippen LogP contribution in [0.4, 0.5) is 0 Å². The van der Waals surface area contributed by atoms with Crippen LogP contribution in [0.15, 0.2) is 0 Å². The maximum absolute atomic E-state index is 6.28. The molecule has 1 heterocycles. The third kappa shape index (κ3) is 3.36. The van der Waals surface area contributed by atoms with Crippen molar-refractivity contribution in [1.29, 1.82) is 0 Å². The topological polar surface area (TPSA) is 21.3 Å². The lowest BCUT2D eigenvalue weighted by Crippen LogP contribution is -2.40. The zero-order valence-electron chi connectivity index (χ0n) is 11.2. The van der Waals surface area contributed by atoms with Crippen LogP contribution in [0.5, 0.6) is 0 Å². The van der Waals surface area contributed by atoms with Crippen LogP contribution in [0.25, 0.3) is 0 Å². The number of ether oxygens (including phenoxy) is 1. The van der Waals surface area contributed by atoms with Crippen molar-refractivity contribution in [3.05, 3.63) is 0 Å². The van der Waals surface area contributed by atoms with Gasteiger partial charge in [0, 0.05) is 18.5 Å². The monoisotopic (exact) mass is 259 g/mol. The smallest absolute Gasteiger partial charge is 0.0708 e. The van der Waals surface area contributed by atoms with E-state index in [0.717, 1.165) is 6.54 Å². The second-order valence-electron chi connectivity index (χ2n) is 6.08. The van der Waals surface area contributed by atoms with Gasteiger partial charge in [-0.15, -0.1) is 11.6 Å². The summed E-state index contributed by atoms with van der Waals surface area (Å²) < 4.78 is 6.28. The molecule has 1 aliphatic carbocycles. The summed E-state index contributed by atoms with van der Waals surface area (Å²) in [5, 5.41) is 3.56. The van der Waals surface area contributed by atoms with E-state index in [0.29, 0.717) is 23.9 Å². The van der Waals surface area contributed by atoms with Crippen LogP contribution >= 0.6 is 11.6 Å². The normalized spacial score (nSPS) is 29.3. The summed E-state index contributed by atoms with van der Waals surface area (Å²) in [6, 6.07) is 0.417. The minimum Gasteiger partial charge on any atom is -0.370 e. The van der Waals surface area contributed by atoms with Crippen LogP contribution in [0.1, 0.15) is 52.4 Å². The lowest BCUT2D eigenvalue weighted by atomic mass is 9.98. The van der Waals surface area contributed by atoms with E-state index < -0.39 is 0 Å². The quantitative estimate of drug-likeness (QED) is 0.765. The average molecular weight is 260 g/mol. The Kier molecular flexibility index (Phi) is 4.73. The Morgan fingerprint density at radius 1 is 1.29 bits per heavy atom. The Morgan fingerprint density at radius 3 is 2.59 bits per heavy atom. The molecule has 2 rings (SSSR count). The summed E-state index contributed by atoms with van der Waals surface area (Å²) in [6.45, 7) is 5.40. The average Bonchev–Trinajstić information content (AvgIpc) is 2.91. The van der Waals surface area contributed by atoms with Crippen LogP contribution in [-0.2, 0) is 4.74 Å². The SMILES string of the molecule is CC(C)C(CCl)NCC1CCC2(CCCC2)O1. The molecule has 2 fully saturated rings. The fourth-order valence-electron chi connectivity index (χ4n) is 3.18. The predicted octanol–water partition coefficient (Wildman–Crippen LogP) is 3.33. The Bertz CT molecular complexity index is 238. The van der Waals surface area contributed by atoms with Crippen molar-refractivity contribution >= 4 is 11.6 Å². The van der Waals surface area contributed by atoms with Gasteiger partial charge < -0.3 is 10.1 Å². The van der Waals surface area contributed by atoms with Gasteiger partial charge in [0.15, 0.2) is 0 Å². The molecule has 2 aliphatic rings. The van der Waals surface area contributed by atoms with Gasteiger partial charge in [-0.2, -0.15) is 0 Å². The fraction of sp³-hybridized carbons (Fsp3) is 1.00. The predicted molar refractivity (Wildman–Crippen MR) is 72.7 cm³/mol. The molecule has 1 saturated carbocycles. The first-order valence-corrected chi connectivity index (χ1v) is 7.66. The number of rotatable bonds is 5. The second-order valence-corrected chi connectivity index (χ2v) is 6.39. The zero-order chi connectivity index (χ0) is 12.3. The highest BCUT2D eigenvalue weighted by Gasteiger charge is 2.41. The first-order chi connectivity index (χ1) is 8.15. The van der Waals surface area contributed by atoms with Crippen LogP contribution in [-0.4, -0.2) is 30.2 Å². The molecule has 2 atom stereocenters. The first-order valence-electron chi connectivity index (χ1n) is 7.12. The van der Waals surface area contributed by atoms with E-state index in [-0.39, 0.29) is 5.60 Å². The molecule has 2 nitrogen and oxygen atoms in total. The molecule has 1 aliphatic heterocycles. The molecule has 100 valence electrons. The number of nitrogens with one attached hydrogen (secondary N) is 1. The third-order valence-electron chi connectivity index (χ3n) is 4.43. The fourth-order valence-corrected chi connectivity index (χ4v) is 3.64. The Morgan fingerprint density at radius 2 is 2.00 bits per heavy atom. The van der Waals surface area contributed by atoms with Gasteiger partial charge in [0.2, 0.25) is 0 Å². The minimum atomic E-state index is 0.265. The largest absolute Gasteiger partial charge is 0.370 e. The van der Waals surface area contributed by atoms with Crippen LogP contribution in [0, 0.1) is 5.92 Å². The lowest BCUT2D eigenvalue weighted by molar-refractivity contribution is -0.0360. The van der Waals surface area contributed by atoms with E-state index >= 15 is 0 Å². The molecule has 17 heavy (non-hydrogen) atoms. The van der Waals surface area contributed by atoms with Gasteiger partial charge in [-0.25, -0.2) is 0 Å². The number of alkyl halides is 1. The van der Waals surface area contributed by atoms with Gasteiger partial charge in [-0.05, 0) is 31.6 Å². The van der Waals surface area contributed by atoms with E-state index in [1.807, 2.05) is 0 Å². The standard InChI is InChI=1S/C14H26ClNO/c1-11(2)13(9-15)16-10-12-5-8-14(17-12)6-3-4-7-14/h11-13,16H,3-10H2,1-2H3.